The molecule has 3 rings (SSSR count). The summed E-state index contributed by atoms with van der Waals surface area (Å²) in [6, 6.07) is 13.6. The molecule has 30 heavy (non-hydrogen) atoms. The summed E-state index contributed by atoms with van der Waals surface area (Å²) in [5.41, 5.74) is 3.19. The maximum absolute atomic E-state index is 11.9. The number of ether oxygens (including phenoxy) is 2. The molecule has 0 bridgehead atoms. The number of carbonyl (C=O) groups excluding carboxylic acids is 2. The number of hydrazone groups is 1. The van der Waals surface area contributed by atoms with E-state index in [4.69, 9.17) is 9.47 Å². The third kappa shape index (κ3) is 5.54. The SMILES string of the molecule is CC(=O)NC1=NN(C(C)=O)C(c2ccc(OCCOc3ccc(C)cc3C)cc2)S1. The van der Waals surface area contributed by atoms with Crippen molar-refractivity contribution in [3.63, 3.8) is 0 Å². The van der Waals surface area contributed by atoms with Crippen molar-refractivity contribution < 1.29 is 19.1 Å². The molecule has 0 aromatic heterocycles. The van der Waals surface area contributed by atoms with Crippen molar-refractivity contribution in [3.8, 4) is 11.5 Å². The fourth-order valence-electron chi connectivity index (χ4n) is 2.98. The van der Waals surface area contributed by atoms with E-state index in [-0.39, 0.29) is 17.2 Å². The summed E-state index contributed by atoms with van der Waals surface area (Å²) in [5, 5.41) is 8.27. The van der Waals surface area contributed by atoms with E-state index >= 15 is 0 Å². The Morgan fingerprint density at radius 2 is 1.77 bits per heavy atom. The summed E-state index contributed by atoms with van der Waals surface area (Å²) in [7, 11) is 0. The molecule has 1 unspecified atom stereocenters. The van der Waals surface area contributed by atoms with Gasteiger partial charge in [-0.15, -0.1) is 5.10 Å². The molecule has 158 valence electrons. The third-order valence-corrected chi connectivity index (χ3v) is 5.46. The van der Waals surface area contributed by atoms with Crippen molar-refractivity contribution in [2.75, 3.05) is 13.2 Å². The standard InChI is InChI=1S/C22H25N3O4S/c1-14-5-10-20(15(2)13-14)29-12-11-28-19-8-6-18(7-9-19)21-25(17(4)27)24-22(30-21)23-16(3)26/h5-10,13,21H,11-12H2,1-4H3,(H,23,24,26). The molecular formula is C22H25N3O4S. The quantitative estimate of drug-likeness (QED) is 0.710. The highest BCUT2D eigenvalue weighted by Crippen LogP contribution is 2.39. The Hall–Kier alpha value is -3.00. The van der Waals surface area contributed by atoms with E-state index in [0.29, 0.717) is 24.1 Å². The minimum Gasteiger partial charge on any atom is -0.490 e. The summed E-state index contributed by atoms with van der Waals surface area (Å²) in [6.07, 6.45) is 0. The van der Waals surface area contributed by atoms with E-state index in [9.17, 15) is 9.59 Å². The predicted octanol–water partition coefficient (Wildman–Crippen LogP) is 3.76. The second-order valence-corrected chi connectivity index (χ2v) is 8.02. The summed E-state index contributed by atoms with van der Waals surface area (Å²) >= 11 is 1.32. The summed E-state index contributed by atoms with van der Waals surface area (Å²) in [4.78, 5) is 23.2. The van der Waals surface area contributed by atoms with Gasteiger partial charge in [-0.1, -0.05) is 41.6 Å². The first-order valence-electron chi connectivity index (χ1n) is 9.59. The predicted molar refractivity (Wildman–Crippen MR) is 117 cm³/mol. The molecule has 0 radical (unpaired) electrons. The average Bonchev–Trinajstić information content (AvgIpc) is 3.10. The maximum atomic E-state index is 11.9. The zero-order valence-electron chi connectivity index (χ0n) is 17.5. The molecule has 2 aromatic rings. The van der Waals surface area contributed by atoms with Crippen LogP contribution in [0.25, 0.3) is 0 Å². The molecule has 2 aromatic carbocycles. The van der Waals surface area contributed by atoms with Gasteiger partial charge in [-0.2, -0.15) is 0 Å². The van der Waals surface area contributed by atoms with Gasteiger partial charge in [-0.25, -0.2) is 5.01 Å². The Balaban J connectivity index is 1.54. The molecule has 0 fully saturated rings. The highest BCUT2D eigenvalue weighted by molar-refractivity contribution is 8.14. The number of carbonyl (C=O) groups is 2. The van der Waals surface area contributed by atoms with Crippen molar-refractivity contribution in [3.05, 3.63) is 59.2 Å². The van der Waals surface area contributed by atoms with Gasteiger partial charge in [-0.3, -0.25) is 9.59 Å². The van der Waals surface area contributed by atoms with E-state index in [1.54, 1.807) is 0 Å². The molecule has 0 saturated heterocycles. The van der Waals surface area contributed by atoms with Crippen LogP contribution in [0.4, 0.5) is 0 Å². The normalized spacial score (nSPS) is 15.5. The van der Waals surface area contributed by atoms with Gasteiger partial charge in [0.25, 0.3) is 0 Å². The number of amidine groups is 1. The number of thioether (sulfide) groups is 1. The van der Waals surface area contributed by atoms with Crippen molar-refractivity contribution >= 4 is 28.7 Å². The van der Waals surface area contributed by atoms with Crippen LogP contribution in [0.3, 0.4) is 0 Å². The Kier molecular flexibility index (Phi) is 6.99. The molecule has 0 spiro atoms. The molecule has 8 heteroatoms. The molecule has 1 N–H and O–H groups in total. The Labute approximate surface area is 180 Å². The topological polar surface area (TPSA) is 80.2 Å². The maximum Gasteiger partial charge on any atom is 0.241 e. The van der Waals surface area contributed by atoms with E-state index in [2.05, 4.69) is 23.4 Å². The van der Waals surface area contributed by atoms with Gasteiger partial charge in [0.1, 0.15) is 30.1 Å². The molecule has 1 aliphatic heterocycles. The lowest BCUT2D eigenvalue weighted by Gasteiger charge is -2.19. The van der Waals surface area contributed by atoms with Gasteiger partial charge in [0.15, 0.2) is 5.17 Å². The Morgan fingerprint density at radius 3 is 2.40 bits per heavy atom. The largest absolute Gasteiger partial charge is 0.490 e. The lowest BCUT2D eigenvalue weighted by atomic mass is 10.1. The monoisotopic (exact) mass is 427 g/mol. The zero-order valence-corrected chi connectivity index (χ0v) is 18.3. The fraction of sp³-hybridized carbons (Fsp3) is 0.318. The minimum absolute atomic E-state index is 0.197. The van der Waals surface area contributed by atoms with Gasteiger partial charge >= 0.3 is 0 Å². The van der Waals surface area contributed by atoms with Gasteiger partial charge in [-0.05, 0) is 43.2 Å². The smallest absolute Gasteiger partial charge is 0.241 e. The first kappa shape index (κ1) is 21.7. The Bertz CT molecular complexity index is 959. The van der Waals surface area contributed by atoms with E-state index in [1.165, 1.54) is 36.2 Å². The van der Waals surface area contributed by atoms with Crippen molar-refractivity contribution in [1.82, 2.24) is 10.3 Å². The first-order valence-corrected chi connectivity index (χ1v) is 10.5. The van der Waals surface area contributed by atoms with Crippen LogP contribution in [0.1, 0.15) is 35.9 Å². The van der Waals surface area contributed by atoms with Crippen LogP contribution in [0.15, 0.2) is 47.6 Å². The summed E-state index contributed by atoms with van der Waals surface area (Å²) in [6.45, 7) is 7.78. The third-order valence-electron chi connectivity index (χ3n) is 4.35. The lowest BCUT2D eigenvalue weighted by molar-refractivity contribution is -0.129. The molecular weight excluding hydrogens is 402 g/mol. The average molecular weight is 428 g/mol. The fourth-order valence-corrected chi connectivity index (χ4v) is 4.12. The lowest BCUT2D eigenvalue weighted by Crippen LogP contribution is -2.25. The zero-order chi connectivity index (χ0) is 21.7. The highest BCUT2D eigenvalue weighted by Gasteiger charge is 2.32. The second kappa shape index (κ2) is 9.67. The van der Waals surface area contributed by atoms with Gasteiger partial charge in [0.05, 0.1) is 0 Å². The first-order chi connectivity index (χ1) is 14.3. The highest BCUT2D eigenvalue weighted by atomic mass is 32.2. The van der Waals surface area contributed by atoms with Gasteiger partial charge in [0.2, 0.25) is 11.8 Å². The van der Waals surface area contributed by atoms with Crippen LogP contribution in [-0.2, 0) is 9.59 Å². The van der Waals surface area contributed by atoms with Crippen LogP contribution in [-0.4, -0.2) is 35.2 Å². The summed E-state index contributed by atoms with van der Waals surface area (Å²) < 4.78 is 11.5. The van der Waals surface area contributed by atoms with Crippen LogP contribution >= 0.6 is 11.8 Å². The second-order valence-electron chi connectivity index (χ2n) is 6.96. The molecule has 0 aliphatic carbocycles. The molecule has 0 saturated carbocycles. The van der Waals surface area contributed by atoms with Crippen LogP contribution < -0.4 is 14.8 Å². The summed E-state index contributed by atoms with van der Waals surface area (Å²) in [5.74, 6) is 1.15. The van der Waals surface area contributed by atoms with E-state index < -0.39 is 0 Å². The van der Waals surface area contributed by atoms with Crippen molar-refractivity contribution in [2.45, 2.75) is 33.1 Å². The molecule has 2 amide bonds. The number of rotatable bonds is 6. The molecule has 7 nitrogen and oxygen atoms in total. The number of nitrogens with one attached hydrogen (secondary N) is 1. The molecule has 1 heterocycles. The van der Waals surface area contributed by atoms with E-state index in [1.807, 2.05) is 43.3 Å². The number of aryl methyl sites for hydroxylation is 2. The Morgan fingerprint density at radius 1 is 1.07 bits per heavy atom. The van der Waals surface area contributed by atoms with Crippen molar-refractivity contribution in [1.29, 1.82) is 0 Å². The minimum atomic E-state index is -0.328. The van der Waals surface area contributed by atoms with Gasteiger partial charge in [0, 0.05) is 13.8 Å². The molecule has 1 atom stereocenters. The van der Waals surface area contributed by atoms with Crippen LogP contribution in [0.5, 0.6) is 11.5 Å². The number of amides is 2. The number of nitrogens with zero attached hydrogens (tertiary/aromatic N) is 2. The number of benzene rings is 2. The number of hydrogen-bond donors (Lipinski definition) is 1. The van der Waals surface area contributed by atoms with Crippen LogP contribution in [0.2, 0.25) is 0 Å². The molecule has 1 aliphatic rings. The van der Waals surface area contributed by atoms with E-state index in [0.717, 1.165) is 16.9 Å². The van der Waals surface area contributed by atoms with Gasteiger partial charge < -0.3 is 14.8 Å². The van der Waals surface area contributed by atoms with Crippen LogP contribution in [0, 0.1) is 13.8 Å². The number of hydrogen-bond acceptors (Lipinski definition) is 6. The van der Waals surface area contributed by atoms with Crippen molar-refractivity contribution in [2.24, 2.45) is 5.10 Å².